The summed E-state index contributed by atoms with van der Waals surface area (Å²) in [6.07, 6.45) is 5.19. The number of fused-ring (bicyclic) bond motifs is 4. The number of hydrogen-bond donors (Lipinski definition) is 4. The zero-order valence-electron chi connectivity index (χ0n) is 25.0. The molecule has 4 rings (SSSR count). The van der Waals surface area contributed by atoms with Gasteiger partial charge in [0, 0.05) is 44.9 Å². The number of nitrogens with one attached hydrogen (secondary N) is 3. The van der Waals surface area contributed by atoms with E-state index in [1.165, 1.54) is 24.0 Å². The largest absolute Gasteiger partial charge is 0.494 e. The SMILES string of the molecule is CC(=O)N[C@H]1CC(=O)N2CCCC(CCOc3ccc(C)c(c3)CNC(=O)C(c3cnn(CCCS(=O)(=O)O)c3)NC1=O)C2. The van der Waals surface area contributed by atoms with Crippen LogP contribution in [0.15, 0.2) is 30.6 Å². The molecule has 4 N–H and O–H groups in total. The molecule has 2 aliphatic heterocycles. The number of benzene rings is 1. The summed E-state index contributed by atoms with van der Waals surface area (Å²) in [6, 6.07) is 3.17. The Morgan fingerprint density at radius 3 is 2.75 bits per heavy atom. The molecule has 1 aromatic heterocycles. The van der Waals surface area contributed by atoms with Crippen molar-refractivity contribution >= 4 is 33.7 Å². The highest BCUT2D eigenvalue weighted by Crippen LogP contribution is 2.23. The van der Waals surface area contributed by atoms with E-state index in [9.17, 15) is 27.6 Å². The molecule has 44 heavy (non-hydrogen) atoms. The van der Waals surface area contributed by atoms with Gasteiger partial charge in [-0.05, 0) is 61.8 Å². The molecule has 0 saturated carbocycles. The van der Waals surface area contributed by atoms with Crippen LogP contribution in [0.1, 0.15) is 61.8 Å². The van der Waals surface area contributed by atoms with Crippen LogP contribution in [0.2, 0.25) is 0 Å². The van der Waals surface area contributed by atoms with E-state index >= 15 is 0 Å². The van der Waals surface area contributed by atoms with Crippen molar-refractivity contribution in [1.82, 2.24) is 30.6 Å². The van der Waals surface area contributed by atoms with Gasteiger partial charge in [0.05, 0.1) is 25.0 Å². The van der Waals surface area contributed by atoms with Gasteiger partial charge in [0.25, 0.3) is 10.1 Å². The molecule has 0 aliphatic carbocycles. The summed E-state index contributed by atoms with van der Waals surface area (Å²) < 4.78 is 38.6. The minimum atomic E-state index is -4.15. The number of carbonyl (C=O) groups is 4. The van der Waals surface area contributed by atoms with Crippen LogP contribution in [0, 0.1) is 12.8 Å². The third kappa shape index (κ3) is 9.51. The Kier molecular flexibility index (Phi) is 11.0. The summed E-state index contributed by atoms with van der Waals surface area (Å²) in [4.78, 5) is 54.2. The summed E-state index contributed by atoms with van der Waals surface area (Å²) in [6.45, 7) is 4.98. The Morgan fingerprint density at radius 2 is 2.00 bits per heavy atom. The van der Waals surface area contributed by atoms with Gasteiger partial charge in [-0.3, -0.25) is 28.4 Å². The summed E-state index contributed by atoms with van der Waals surface area (Å²) in [5.74, 6) is -1.61. The lowest BCUT2D eigenvalue weighted by atomic mass is 9.94. The normalized spacial score (nSPS) is 22.2. The fourth-order valence-electron chi connectivity index (χ4n) is 5.44. The number of carbonyl (C=O) groups excluding carboxylic acids is 4. The lowest BCUT2D eigenvalue weighted by molar-refractivity contribution is -0.138. The first-order valence-corrected chi connectivity index (χ1v) is 16.3. The van der Waals surface area contributed by atoms with Crippen LogP contribution in [0.4, 0.5) is 0 Å². The monoisotopic (exact) mass is 632 g/mol. The van der Waals surface area contributed by atoms with E-state index in [2.05, 4.69) is 21.0 Å². The summed E-state index contributed by atoms with van der Waals surface area (Å²) in [7, 11) is -4.15. The van der Waals surface area contributed by atoms with Gasteiger partial charge in [-0.15, -0.1) is 0 Å². The van der Waals surface area contributed by atoms with Gasteiger partial charge < -0.3 is 25.6 Å². The van der Waals surface area contributed by atoms with Gasteiger partial charge in [0.1, 0.15) is 17.8 Å². The molecule has 3 heterocycles. The molecule has 2 aliphatic rings. The number of amides is 4. The number of hydrogen-bond acceptors (Lipinski definition) is 8. The maximum atomic E-state index is 13.6. The molecule has 1 aromatic carbocycles. The Morgan fingerprint density at radius 1 is 1.20 bits per heavy atom. The first-order chi connectivity index (χ1) is 20.9. The highest BCUT2D eigenvalue weighted by Gasteiger charge is 2.32. The summed E-state index contributed by atoms with van der Waals surface area (Å²) in [5.41, 5.74) is 2.07. The van der Waals surface area contributed by atoms with E-state index in [1.54, 1.807) is 4.90 Å². The minimum absolute atomic E-state index is 0.0743. The fourth-order valence-corrected chi connectivity index (χ4v) is 5.94. The lowest BCUT2D eigenvalue weighted by Crippen LogP contribution is -2.52. The molecule has 0 spiro atoms. The molecular weight excluding hydrogens is 592 g/mol. The Balaban J connectivity index is 1.63. The van der Waals surface area contributed by atoms with Crippen LogP contribution in [-0.4, -0.2) is 82.8 Å². The lowest BCUT2D eigenvalue weighted by Gasteiger charge is -2.34. The van der Waals surface area contributed by atoms with Gasteiger partial charge in [0.2, 0.25) is 23.6 Å². The van der Waals surface area contributed by atoms with Crippen LogP contribution >= 0.6 is 0 Å². The molecule has 2 unspecified atom stereocenters. The maximum absolute atomic E-state index is 13.6. The zero-order valence-corrected chi connectivity index (χ0v) is 25.8. The van der Waals surface area contributed by atoms with Crippen LogP contribution in [0.3, 0.4) is 0 Å². The quantitative estimate of drug-likeness (QED) is 0.335. The second-order valence-corrected chi connectivity index (χ2v) is 12.9. The number of aryl methyl sites for hydroxylation is 2. The number of ether oxygens (including phenoxy) is 1. The smallest absolute Gasteiger partial charge is 0.264 e. The molecule has 240 valence electrons. The van der Waals surface area contributed by atoms with Gasteiger partial charge in [-0.25, -0.2) is 0 Å². The van der Waals surface area contributed by atoms with E-state index in [0.29, 0.717) is 31.0 Å². The van der Waals surface area contributed by atoms with E-state index < -0.39 is 45.7 Å². The van der Waals surface area contributed by atoms with E-state index in [-0.39, 0.29) is 37.8 Å². The average Bonchev–Trinajstić information content (AvgIpc) is 3.42. The van der Waals surface area contributed by atoms with Crippen molar-refractivity contribution in [3.63, 3.8) is 0 Å². The van der Waals surface area contributed by atoms with Crippen molar-refractivity contribution in [2.75, 3.05) is 25.4 Å². The highest BCUT2D eigenvalue weighted by molar-refractivity contribution is 7.85. The predicted molar refractivity (Wildman–Crippen MR) is 159 cm³/mol. The van der Waals surface area contributed by atoms with E-state index in [0.717, 1.165) is 30.4 Å². The van der Waals surface area contributed by atoms with Gasteiger partial charge in [-0.2, -0.15) is 13.5 Å². The standard InChI is InChI=1S/C29H40N6O8S/c1-19-6-7-24-13-22(19)15-30-29(39)27(23-16-31-35(18-23)10-4-12-44(40,41)42)33-28(38)25(32-20(2)36)14-26(37)34-9-3-5-21(17-34)8-11-43-24/h6-7,13,16,18,21,25,27H,3-5,8-12,14-15,17H2,1-2H3,(H,30,39)(H,32,36)(H,33,38)(H,40,41,42)/t21?,25-,27?/m0/s1. The van der Waals surface area contributed by atoms with Crippen molar-refractivity contribution in [3.05, 3.63) is 47.3 Å². The molecule has 3 atom stereocenters. The first-order valence-electron chi connectivity index (χ1n) is 14.7. The molecule has 1 fully saturated rings. The topological polar surface area (TPSA) is 189 Å². The summed E-state index contributed by atoms with van der Waals surface area (Å²) in [5, 5.41) is 12.3. The number of nitrogens with zero attached hydrogens (tertiary/aromatic N) is 3. The van der Waals surface area contributed by atoms with E-state index in [4.69, 9.17) is 9.29 Å². The molecule has 14 nitrogen and oxygen atoms in total. The zero-order chi connectivity index (χ0) is 31.9. The Hall–Kier alpha value is -3.98. The van der Waals surface area contributed by atoms with Crippen LogP contribution in [-0.2, 0) is 42.4 Å². The van der Waals surface area contributed by atoms with E-state index in [1.807, 2.05) is 25.1 Å². The Bertz CT molecular complexity index is 1480. The predicted octanol–water partition coefficient (Wildman–Crippen LogP) is 0.859. The average molecular weight is 633 g/mol. The minimum Gasteiger partial charge on any atom is -0.494 e. The van der Waals surface area contributed by atoms with Crippen molar-refractivity contribution in [3.8, 4) is 5.75 Å². The molecule has 15 heteroatoms. The molecule has 4 amide bonds. The number of piperidine rings is 1. The molecule has 4 bridgehead atoms. The number of rotatable bonds is 6. The number of aromatic nitrogens is 2. The van der Waals surface area contributed by atoms with Crippen LogP contribution in [0.5, 0.6) is 5.75 Å². The van der Waals surface area contributed by atoms with Crippen LogP contribution in [0.25, 0.3) is 0 Å². The second kappa shape index (κ2) is 14.7. The molecular formula is C29H40N6O8S. The van der Waals surface area contributed by atoms with Gasteiger partial charge >= 0.3 is 0 Å². The van der Waals surface area contributed by atoms with Crippen molar-refractivity contribution in [2.45, 2.75) is 71.1 Å². The van der Waals surface area contributed by atoms with Gasteiger partial charge in [0.15, 0.2) is 0 Å². The molecule has 1 saturated heterocycles. The summed E-state index contributed by atoms with van der Waals surface area (Å²) >= 11 is 0. The highest BCUT2D eigenvalue weighted by atomic mass is 32.2. The fraction of sp³-hybridized carbons (Fsp3) is 0.552. The molecule has 0 radical (unpaired) electrons. The second-order valence-electron chi connectivity index (χ2n) is 11.4. The third-order valence-corrected chi connectivity index (χ3v) is 8.64. The third-order valence-electron chi connectivity index (χ3n) is 7.84. The van der Waals surface area contributed by atoms with Crippen molar-refractivity contribution in [1.29, 1.82) is 0 Å². The van der Waals surface area contributed by atoms with Crippen molar-refractivity contribution < 1.29 is 36.9 Å². The van der Waals surface area contributed by atoms with Crippen molar-refractivity contribution in [2.24, 2.45) is 5.92 Å². The maximum Gasteiger partial charge on any atom is 0.264 e. The van der Waals surface area contributed by atoms with Gasteiger partial charge in [-0.1, -0.05) is 6.07 Å². The molecule has 2 aromatic rings. The first kappa shape index (κ1) is 32.9. The van der Waals surface area contributed by atoms with Crippen LogP contribution < -0.4 is 20.7 Å². The Labute approximate surface area is 256 Å².